The van der Waals surface area contributed by atoms with Crippen LogP contribution in [0.3, 0.4) is 0 Å². The number of methoxy groups -OCH3 is 1. The van der Waals surface area contributed by atoms with Gasteiger partial charge in [0.1, 0.15) is 0 Å². The number of benzene rings is 1. The molecule has 0 aliphatic carbocycles. The molecule has 0 unspecified atom stereocenters. The van der Waals surface area contributed by atoms with E-state index in [0.29, 0.717) is 15.8 Å². The van der Waals surface area contributed by atoms with E-state index in [-0.39, 0.29) is 25.7 Å². The summed E-state index contributed by atoms with van der Waals surface area (Å²) in [6.07, 6.45) is 0. The molecule has 0 radical (unpaired) electrons. The van der Waals surface area contributed by atoms with Crippen molar-refractivity contribution in [2.75, 3.05) is 7.11 Å². The summed E-state index contributed by atoms with van der Waals surface area (Å²) >= 11 is 20.2. The lowest BCUT2D eigenvalue weighted by atomic mass is 9.86. The lowest BCUT2D eigenvalue weighted by molar-refractivity contribution is 0.395. The van der Waals surface area contributed by atoms with Crippen molar-refractivity contribution in [3.8, 4) is 17.5 Å². The lowest BCUT2D eigenvalue weighted by Crippen LogP contribution is -2.33. The molecule has 1 aromatic carbocycles. The number of hydrogen-bond donors (Lipinski definition) is 2. The first-order valence-corrected chi connectivity index (χ1v) is 11.3. The molecule has 0 saturated carbocycles. The van der Waals surface area contributed by atoms with E-state index in [1.807, 2.05) is 0 Å². The Morgan fingerprint density at radius 1 is 0.909 bits per heavy atom. The molecule has 2 N–H and O–H groups in total. The topological polar surface area (TPSA) is 104 Å². The first-order valence-electron chi connectivity index (χ1n) is 9.35. The number of halogens is 2. The van der Waals surface area contributed by atoms with Gasteiger partial charge in [-0.25, -0.2) is 0 Å². The second-order valence-electron chi connectivity index (χ2n) is 7.34. The largest absolute Gasteiger partial charge is 0.494 e. The predicted octanol–water partition coefficient (Wildman–Crippen LogP) is 3.24. The van der Waals surface area contributed by atoms with E-state index in [1.165, 1.54) is 59.6 Å². The van der Waals surface area contributed by atoms with E-state index in [9.17, 15) is 19.8 Å². The summed E-state index contributed by atoms with van der Waals surface area (Å²) in [5, 5.41) is 22.2. The highest BCUT2D eigenvalue weighted by atomic mass is 79.9. The summed E-state index contributed by atoms with van der Waals surface area (Å²) in [6.45, 7) is 0. The van der Waals surface area contributed by atoms with Crippen molar-refractivity contribution in [3.63, 3.8) is 0 Å². The summed E-state index contributed by atoms with van der Waals surface area (Å²) in [4.78, 5) is 26.7. The van der Waals surface area contributed by atoms with Crippen LogP contribution < -0.4 is 15.9 Å². The molecule has 13 heteroatoms. The molecule has 0 bridgehead atoms. The zero-order valence-electron chi connectivity index (χ0n) is 18.2. The van der Waals surface area contributed by atoms with Crippen LogP contribution in [0.2, 0.25) is 5.02 Å². The van der Waals surface area contributed by atoms with E-state index in [2.05, 4.69) is 15.9 Å². The van der Waals surface area contributed by atoms with Crippen LogP contribution >= 0.6 is 52.0 Å². The van der Waals surface area contributed by atoms with Crippen molar-refractivity contribution in [2.24, 2.45) is 28.2 Å². The number of aromatic nitrogens is 4. The molecule has 0 spiro atoms. The van der Waals surface area contributed by atoms with Gasteiger partial charge in [0.15, 0.2) is 15.3 Å². The van der Waals surface area contributed by atoms with Gasteiger partial charge in [-0.3, -0.25) is 27.9 Å². The van der Waals surface area contributed by atoms with Crippen LogP contribution in [0.1, 0.15) is 22.6 Å². The Labute approximate surface area is 211 Å². The van der Waals surface area contributed by atoms with Crippen molar-refractivity contribution >= 4 is 52.0 Å². The minimum Gasteiger partial charge on any atom is -0.494 e. The standard InChI is InChI=1S/C20H20BrClN4O5S2/c1-23-15(27)12(16(28)24(2)19(23)32)11(8-6-9(21)14(31-5)10(22)7-8)13-17(29)25(3)20(33)26(4)18(13)30/h6-7,11,27,29H,1-5H3. The van der Waals surface area contributed by atoms with Crippen LogP contribution in [-0.2, 0) is 28.2 Å². The maximum absolute atomic E-state index is 13.3. The SMILES string of the molecule is COc1c(Cl)cc(C(c2c(O)n(C)c(=S)n(C)c2=O)c2c(O)n(C)c(=S)n(C)c2=O)cc1Br. The van der Waals surface area contributed by atoms with Gasteiger partial charge in [0, 0.05) is 28.2 Å². The summed E-state index contributed by atoms with van der Waals surface area (Å²) in [5.41, 5.74) is -1.30. The maximum atomic E-state index is 13.3. The fraction of sp³-hybridized carbons (Fsp3) is 0.300. The Hall–Kier alpha value is -2.41. The van der Waals surface area contributed by atoms with Gasteiger partial charge < -0.3 is 14.9 Å². The molecular weight excluding hydrogens is 556 g/mol. The first-order chi connectivity index (χ1) is 15.3. The highest BCUT2D eigenvalue weighted by Gasteiger charge is 2.33. The van der Waals surface area contributed by atoms with Gasteiger partial charge in [-0.15, -0.1) is 0 Å². The second-order valence-corrected chi connectivity index (χ2v) is 9.33. The molecule has 0 atom stereocenters. The summed E-state index contributed by atoms with van der Waals surface area (Å²) in [5.74, 6) is -1.80. The first kappa shape index (κ1) is 25.2. The van der Waals surface area contributed by atoms with Crippen LogP contribution in [-0.4, -0.2) is 35.6 Å². The molecule has 33 heavy (non-hydrogen) atoms. The zero-order valence-corrected chi connectivity index (χ0v) is 22.2. The van der Waals surface area contributed by atoms with Crippen molar-refractivity contribution in [1.29, 1.82) is 0 Å². The normalized spacial score (nSPS) is 11.3. The summed E-state index contributed by atoms with van der Waals surface area (Å²) < 4.78 is 10.7. The van der Waals surface area contributed by atoms with Gasteiger partial charge in [0.2, 0.25) is 11.8 Å². The van der Waals surface area contributed by atoms with E-state index < -0.39 is 28.8 Å². The van der Waals surface area contributed by atoms with E-state index in [0.717, 1.165) is 0 Å². The maximum Gasteiger partial charge on any atom is 0.262 e. The fourth-order valence-electron chi connectivity index (χ4n) is 3.64. The third-order valence-corrected chi connectivity index (χ3v) is 7.44. The number of ether oxygens (including phenoxy) is 1. The molecule has 9 nitrogen and oxygen atoms in total. The van der Waals surface area contributed by atoms with Gasteiger partial charge in [0.25, 0.3) is 11.1 Å². The number of rotatable bonds is 4. The third-order valence-electron chi connectivity index (χ3n) is 5.47. The van der Waals surface area contributed by atoms with E-state index in [1.54, 1.807) is 6.07 Å². The molecular formula is C20H20BrClN4O5S2. The highest BCUT2D eigenvalue weighted by Crippen LogP contribution is 2.42. The van der Waals surface area contributed by atoms with Crippen LogP contribution in [0.25, 0.3) is 0 Å². The Bertz CT molecular complexity index is 1430. The Morgan fingerprint density at radius 2 is 1.33 bits per heavy atom. The zero-order chi connectivity index (χ0) is 24.9. The molecule has 0 aliphatic heterocycles. The highest BCUT2D eigenvalue weighted by molar-refractivity contribution is 9.10. The second kappa shape index (κ2) is 9.09. The number of hydrogen-bond acceptors (Lipinski definition) is 7. The molecule has 3 aromatic rings. The molecule has 0 aliphatic rings. The smallest absolute Gasteiger partial charge is 0.262 e. The van der Waals surface area contributed by atoms with Crippen LogP contribution in [0.5, 0.6) is 17.5 Å². The van der Waals surface area contributed by atoms with Gasteiger partial charge in [-0.1, -0.05) is 11.6 Å². The van der Waals surface area contributed by atoms with Gasteiger partial charge in [-0.05, 0) is 58.1 Å². The van der Waals surface area contributed by atoms with Crippen molar-refractivity contribution in [2.45, 2.75) is 5.92 Å². The summed E-state index contributed by atoms with van der Waals surface area (Å²) in [7, 11) is 7.31. The van der Waals surface area contributed by atoms with Crippen LogP contribution in [0, 0.1) is 9.54 Å². The van der Waals surface area contributed by atoms with E-state index in [4.69, 9.17) is 40.8 Å². The quantitative estimate of drug-likeness (QED) is 0.461. The molecule has 176 valence electrons. The monoisotopic (exact) mass is 574 g/mol. The van der Waals surface area contributed by atoms with Crippen molar-refractivity contribution in [3.05, 3.63) is 68.6 Å². The minimum absolute atomic E-state index is 0.0672. The predicted molar refractivity (Wildman–Crippen MR) is 133 cm³/mol. The Morgan fingerprint density at radius 3 is 1.70 bits per heavy atom. The molecule has 0 fully saturated rings. The van der Waals surface area contributed by atoms with Crippen molar-refractivity contribution < 1.29 is 14.9 Å². The third kappa shape index (κ3) is 3.94. The van der Waals surface area contributed by atoms with Gasteiger partial charge >= 0.3 is 0 Å². The molecule has 3 rings (SSSR count). The Balaban J connectivity index is 2.61. The molecule has 0 saturated heterocycles. The lowest BCUT2D eigenvalue weighted by Gasteiger charge is -2.24. The average molecular weight is 576 g/mol. The number of nitrogens with zero attached hydrogens (tertiary/aromatic N) is 4. The average Bonchev–Trinajstić information content (AvgIpc) is 2.77. The van der Waals surface area contributed by atoms with Crippen LogP contribution in [0.4, 0.5) is 0 Å². The Kier molecular flexibility index (Phi) is 6.94. The number of aromatic hydroxyl groups is 2. The minimum atomic E-state index is -1.23. The fourth-order valence-corrected chi connectivity index (χ4v) is 5.04. The van der Waals surface area contributed by atoms with Gasteiger partial charge in [-0.2, -0.15) is 0 Å². The van der Waals surface area contributed by atoms with Crippen LogP contribution in [0.15, 0.2) is 26.2 Å². The summed E-state index contributed by atoms with van der Waals surface area (Å²) in [6, 6.07) is 3.09. The molecule has 0 amide bonds. The van der Waals surface area contributed by atoms with Gasteiger partial charge in [0.05, 0.1) is 33.6 Å². The van der Waals surface area contributed by atoms with Crippen molar-refractivity contribution in [1.82, 2.24) is 18.3 Å². The molecule has 2 heterocycles. The van der Waals surface area contributed by atoms with E-state index >= 15 is 0 Å². The molecule has 2 aromatic heterocycles.